The van der Waals surface area contributed by atoms with Crippen LogP contribution >= 0.6 is 0 Å². The average molecular weight is 211 g/mol. The zero-order valence-corrected chi connectivity index (χ0v) is 9.84. The van der Waals surface area contributed by atoms with Crippen molar-refractivity contribution in [3.05, 3.63) is 0 Å². The molecule has 0 aromatic rings. The molecule has 0 atom stereocenters. The fourth-order valence-corrected chi connectivity index (χ4v) is 2.82. The lowest BCUT2D eigenvalue weighted by atomic mass is 9.96. The van der Waals surface area contributed by atoms with Gasteiger partial charge in [-0.3, -0.25) is 5.32 Å². The number of ether oxygens (including phenoxy) is 1. The number of nitrogens with one attached hydrogen (secondary N) is 1. The molecule has 0 amide bonds. The molecular formula is C13H25NO. The SMILES string of the molecule is C1CCC(NCOC2CCCCC2)CC1. The Hall–Kier alpha value is -0.0800. The van der Waals surface area contributed by atoms with Crippen LogP contribution in [0.2, 0.25) is 0 Å². The molecule has 2 fully saturated rings. The van der Waals surface area contributed by atoms with Gasteiger partial charge in [0, 0.05) is 6.04 Å². The van der Waals surface area contributed by atoms with E-state index in [-0.39, 0.29) is 0 Å². The summed E-state index contributed by atoms with van der Waals surface area (Å²) in [5.74, 6) is 0. The van der Waals surface area contributed by atoms with Gasteiger partial charge in [-0.1, -0.05) is 38.5 Å². The van der Waals surface area contributed by atoms with Crippen molar-refractivity contribution in [2.75, 3.05) is 6.73 Å². The minimum absolute atomic E-state index is 0.551. The van der Waals surface area contributed by atoms with Gasteiger partial charge in [-0.25, -0.2) is 0 Å². The first-order valence-corrected chi connectivity index (χ1v) is 6.80. The van der Waals surface area contributed by atoms with Gasteiger partial charge in [0.15, 0.2) is 0 Å². The number of hydrogen-bond acceptors (Lipinski definition) is 2. The molecule has 0 heterocycles. The third kappa shape index (κ3) is 4.12. The van der Waals surface area contributed by atoms with Gasteiger partial charge in [0.1, 0.15) is 0 Å². The zero-order valence-electron chi connectivity index (χ0n) is 9.84. The van der Waals surface area contributed by atoms with Crippen LogP contribution in [0.1, 0.15) is 64.2 Å². The van der Waals surface area contributed by atoms with Crippen LogP contribution < -0.4 is 5.32 Å². The van der Waals surface area contributed by atoms with E-state index in [1.807, 2.05) is 0 Å². The second-order valence-corrected chi connectivity index (χ2v) is 5.11. The van der Waals surface area contributed by atoms with Crippen LogP contribution in [0.3, 0.4) is 0 Å². The lowest BCUT2D eigenvalue weighted by Crippen LogP contribution is -2.34. The third-order valence-corrected chi connectivity index (χ3v) is 3.85. The summed E-state index contributed by atoms with van der Waals surface area (Å²) >= 11 is 0. The minimum atomic E-state index is 0.551. The molecule has 0 aliphatic heterocycles. The van der Waals surface area contributed by atoms with E-state index in [1.165, 1.54) is 64.2 Å². The van der Waals surface area contributed by atoms with Crippen molar-refractivity contribution in [2.24, 2.45) is 0 Å². The molecule has 15 heavy (non-hydrogen) atoms. The van der Waals surface area contributed by atoms with Crippen LogP contribution in [0.5, 0.6) is 0 Å². The molecule has 88 valence electrons. The smallest absolute Gasteiger partial charge is 0.0971 e. The highest BCUT2D eigenvalue weighted by atomic mass is 16.5. The zero-order chi connectivity index (χ0) is 10.3. The Morgan fingerprint density at radius 2 is 1.40 bits per heavy atom. The summed E-state index contributed by atoms with van der Waals surface area (Å²) in [6.07, 6.45) is 14.2. The number of rotatable bonds is 4. The van der Waals surface area contributed by atoms with E-state index in [4.69, 9.17) is 4.74 Å². The summed E-state index contributed by atoms with van der Waals surface area (Å²) in [5.41, 5.74) is 0. The molecule has 0 unspecified atom stereocenters. The Morgan fingerprint density at radius 3 is 2.07 bits per heavy atom. The Labute approximate surface area is 93.8 Å². The van der Waals surface area contributed by atoms with Crippen LogP contribution in [0.4, 0.5) is 0 Å². The van der Waals surface area contributed by atoms with Gasteiger partial charge < -0.3 is 4.74 Å². The van der Waals surface area contributed by atoms with E-state index >= 15 is 0 Å². The maximum Gasteiger partial charge on any atom is 0.0971 e. The summed E-state index contributed by atoms with van der Waals surface area (Å²) in [6, 6.07) is 0.738. The lowest BCUT2D eigenvalue weighted by Gasteiger charge is -2.26. The van der Waals surface area contributed by atoms with Crippen molar-refractivity contribution < 1.29 is 4.74 Å². The van der Waals surface area contributed by atoms with Crippen molar-refractivity contribution in [2.45, 2.75) is 76.4 Å². The maximum absolute atomic E-state index is 5.87. The van der Waals surface area contributed by atoms with Gasteiger partial charge in [-0.2, -0.15) is 0 Å². The molecule has 2 saturated carbocycles. The van der Waals surface area contributed by atoms with Crippen molar-refractivity contribution in [3.8, 4) is 0 Å². The van der Waals surface area contributed by atoms with E-state index in [1.54, 1.807) is 0 Å². The first-order valence-electron chi connectivity index (χ1n) is 6.80. The van der Waals surface area contributed by atoms with Gasteiger partial charge in [0.25, 0.3) is 0 Å². The predicted molar refractivity (Wildman–Crippen MR) is 62.8 cm³/mol. The largest absolute Gasteiger partial charge is 0.363 e. The molecule has 0 aromatic heterocycles. The highest BCUT2D eigenvalue weighted by Crippen LogP contribution is 2.20. The lowest BCUT2D eigenvalue weighted by molar-refractivity contribution is 0.0113. The van der Waals surface area contributed by atoms with E-state index in [2.05, 4.69) is 5.32 Å². The second-order valence-electron chi connectivity index (χ2n) is 5.11. The quantitative estimate of drug-likeness (QED) is 0.721. The fraction of sp³-hybridized carbons (Fsp3) is 1.00. The van der Waals surface area contributed by atoms with E-state index in [0.717, 1.165) is 12.8 Å². The predicted octanol–water partition coefficient (Wildman–Crippen LogP) is 3.22. The van der Waals surface area contributed by atoms with Crippen LogP contribution in [0, 0.1) is 0 Å². The summed E-state index contributed by atoms with van der Waals surface area (Å²) in [4.78, 5) is 0. The van der Waals surface area contributed by atoms with Crippen LogP contribution in [-0.4, -0.2) is 18.9 Å². The maximum atomic E-state index is 5.87. The first-order chi connectivity index (χ1) is 7.45. The molecule has 0 bridgehead atoms. The monoisotopic (exact) mass is 211 g/mol. The number of hydrogen-bond donors (Lipinski definition) is 1. The van der Waals surface area contributed by atoms with Crippen LogP contribution in [0.15, 0.2) is 0 Å². The van der Waals surface area contributed by atoms with Gasteiger partial charge in [-0.05, 0) is 25.7 Å². The van der Waals surface area contributed by atoms with Gasteiger partial charge in [0.05, 0.1) is 12.8 Å². The van der Waals surface area contributed by atoms with Crippen molar-refractivity contribution in [1.29, 1.82) is 0 Å². The van der Waals surface area contributed by atoms with Crippen molar-refractivity contribution in [1.82, 2.24) is 5.32 Å². The Balaban J connectivity index is 1.53. The normalized spacial score (nSPS) is 25.6. The summed E-state index contributed by atoms with van der Waals surface area (Å²) in [7, 11) is 0. The minimum Gasteiger partial charge on any atom is -0.363 e. The van der Waals surface area contributed by atoms with Crippen molar-refractivity contribution in [3.63, 3.8) is 0 Å². The highest BCUT2D eigenvalue weighted by molar-refractivity contribution is 4.71. The molecule has 0 saturated heterocycles. The summed E-state index contributed by atoms with van der Waals surface area (Å²) in [5, 5.41) is 3.55. The molecule has 0 radical (unpaired) electrons. The van der Waals surface area contributed by atoms with Crippen LogP contribution in [-0.2, 0) is 4.74 Å². The molecule has 2 nitrogen and oxygen atoms in total. The van der Waals surface area contributed by atoms with Gasteiger partial charge >= 0.3 is 0 Å². The Morgan fingerprint density at radius 1 is 0.800 bits per heavy atom. The molecule has 0 spiro atoms. The Bertz CT molecular complexity index is 142. The topological polar surface area (TPSA) is 21.3 Å². The van der Waals surface area contributed by atoms with E-state index < -0.39 is 0 Å². The standard InChI is InChI=1S/C13H25NO/c1-3-7-12(8-4-1)14-11-15-13-9-5-2-6-10-13/h12-14H,1-11H2. The first kappa shape index (κ1) is 11.4. The van der Waals surface area contributed by atoms with E-state index in [9.17, 15) is 0 Å². The Kier molecular flexibility index (Phi) is 4.94. The molecule has 2 aliphatic carbocycles. The molecule has 0 aromatic carbocycles. The fourth-order valence-electron chi connectivity index (χ4n) is 2.82. The summed E-state index contributed by atoms with van der Waals surface area (Å²) in [6.45, 7) is 0.787. The third-order valence-electron chi connectivity index (χ3n) is 3.85. The molecule has 2 heteroatoms. The molecular weight excluding hydrogens is 186 g/mol. The average Bonchev–Trinajstić information content (AvgIpc) is 2.32. The molecule has 2 aliphatic rings. The van der Waals surface area contributed by atoms with Gasteiger partial charge in [0.2, 0.25) is 0 Å². The van der Waals surface area contributed by atoms with E-state index in [0.29, 0.717) is 6.10 Å². The van der Waals surface area contributed by atoms with Crippen molar-refractivity contribution >= 4 is 0 Å². The van der Waals surface area contributed by atoms with Crippen LogP contribution in [0.25, 0.3) is 0 Å². The molecule has 1 N–H and O–H groups in total. The second kappa shape index (κ2) is 6.49. The summed E-state index contributed by atoms with van der Waals surface area (Å²) < 4.78 is 5.87. The highest BCUT2D eigenvalue weighted by Gasteiger charge is 2.15. The molecule has 2 rings (SSSR count). The van der Waals surface area contributed by atoms with Gasteiger partial charge in [-0.15, -0.1) is 0 Å².